The Balaban J connectivity index is 2.48. The van der Waals surface area contributed by atoms with E-state index in [9.17, 15) is 0 Å². The molecule has 0 bridgehead atoms. The molecule has 1 aromatic carbocycles. The molecule has 0 saturated heterocycles. The van der Waals surface area contributed by atoms with Crippen LogP contribution in [0.2, 0.25) is 5.02 Å². The first kappa shape index (κ1) is 13.6. The predicted octanol–water partition coefficient (Wildman–Crippen LogP) is 2.88. The summed E-state index contributed by atoms with van der Waals surface area (Å²) in [4.78, 5) is 0. The van der Waals surface area contributed by atoms with Crippen molar-refractivity contribution in [3.8, 4) is 5.75 Å². The highest BCUT2D eigenvalue weighted by atomic mass is 35.5. The second-order valence-electron chi connectivity index (χ2n) is 4.42. The Bertz CT molecular complexity index is 405. The number of nitrogens with zero attached hydrogens (tertiary/aromatic N) is 1. The van der Waals surface area contributed by atoms with E-state index in [-0.39, 0.29) is 5.84 Å². The molecule has 0 aromatic heterocycles. The molecule has 0 amide bonds. The van der Waals surface area contributed by atoms with Crippen LogP contribution in [0.5, 0.6) is 5.75 Å². The van der Waals surface area contributed by atoms with E-state index in [1.165, 1.54) is 0 Å². The summed E-state index contributed by atoms with van der Waals surface area (Å²) in [6, 6.07) is 7.20. The fourth-order valence-electron chi connectivity index (χ4n) is 1.24. The van der Waals surface area contributed by atoms with E-state index >= 15 is 0 Å². The Labute approximate surface area is 106 Å². The monoisotopic (exact) mass is 256 g/mol. The minimum absolute atomic E-state index is 0.201. The quantitative estimate of drug-likeness (QED) is 0.368. The topological polar surface area (TPSA) is 67.8 Å². The number of amidine groups is 1. The van der Waals surface area contributed by atoms with Gasteiger partial charge in [0, 0.05) is 10.4 Å². The van der Waals surface area contributed by atoms with Crippen LogP contribution in [0, 0.1) is 5.41 Å². The lowest BCUT2D eigenvalue weighted by Crippen LogP contribution is -2.33. The zero-order chi connectivity index (χ0) is 12.9. The van der Waals surface area contributed by atoms with Crippen LogP contribution in [0.15, 0.2) is 29.4 Å². The Morgan fingerprint density at radius 2 is 2.24 bits per heavy atom. The van der Waals surface area contributed by atoms with Crippen LogP contribution in [-0.4, -0.2) is 17.6 Å². The third-order valence-corrected chi connectivity index (χ3v) is 2.83. The van der Waals surface area contributed by atoms with Crippen molar-refractivity contribution >= 4 is 17.4 Å². The summed E-state index contributed by atoms with van der Waals surface area (Å²) in [5.41, 5.74) is 5.18. The minimum Gasteiger partial charge on any atom is -0.494 e. The average molecular weight is 257 g/mol. The molecule has 0 aliphatic carbocycles. The van der Waals surface area contributed by atoms with Crippen molar-refractivity contribution in [1.29, 1.82) is 0 Å². The van der Waals surface area contributed by atoms with Crippen LogP contribution in [-0.2, 0) is 0 Å². The molecule has 0 aliphatic rings. The summed E-state index contributed by atoms with van der Waals surface area (Å²) in [5, 5.41) is 12.3. The average Bonchev–Trinajstić information content (AvgIpc) is 2.27. The van der Waals surface area contributed by atoms with Gasteiger partial charge in [0.05, 0.1) is 6.61 Å². The van der Waals surface area contributed by atoms with E-state index in [2.05, 4.69) is 5.16 Å². The lowest BCUT2D eigenvalue weighted by atomic mass is 9.88. The SMILES string of the molecule is CC(C)(CCOc1cccc(Cl)c1)C(N)=NO. The minimum atomic E-state index is -0.396. The maximum Gasteiger partial charge on any atom is 0.144 e. The Kier molecular flexibility index (Phi) is 4.63. The standard InChI is InChI=1S/C12H17ClN2O2/c1-12(2,11(14)15-16)6-7-17-10-5-3-4-9(13)8-10/h3-5,8,16H,6-7H2,1-2H3,(H2,14,15). The molecule has 0 spiro atoms. The van der Waals surface area contributed by atoms with Crippen molar-refractivity contribution in [3.05, 3.63) is 29.3 Å². The van der Waals surface area contributed by atoms with Crippen LogP contribution < -0.4 is 10.5 Å². The molecule has 1 rings (SSSR count). The van der Waals surface area contributed by atoms with E-state index in [4.69, 9.17) is 27.3 Å². The molecule has 5 heteroatoms. The third-order valence-electron chi connectivity index (χ3n) is 2.59. The first-order valence-corrected chi connectivity index (χ1v) is 5.70. The molecule has 0 saturated carbocycles. The van der Waals surface area contributed by atoms with Crippen LogP contribution >= 0.6 is 11.6 Å². The van der Waals surface area contributed by atoms with Crippen molar-refractivity contribution in [2.75, 3.05) is 6.61 Å². The molecule has 0 atom stereocenters. The van der Waals surface area contributed by atoms with Crippen molar-refractivity contribution in [2.45, 2.75) is 20.3 Å². The van der Waals surface area contributed by atoms with Gasteiger partial charge in [-0.1, -0.05) is 36.7 Å². The van der Waals surface area contributed by atoms with Crippen LogP contribution in [0.3, 0.4) is 0 Å². The summed E-state index contributed by atoms with van der Waals surface area (Å²) in [5.74, 6) is 0.917. The number of hydrogen-bond acceptors (Lipinski definition) is 3. The lowest BCUT2D eigenvalue weighted by Gasteiger charge is -2.22. The van der Waals surface area contributed by atoms with Gasteiger partial charge in [0.15, 0.2) is 0 Å². The molecular formula is C12H17ClN2O2. The van der Waals surface area contributed by atoms with Gasteiger partial charge < -0.3 is 15.7 Å². The third kappa shape index (κ3) is 4.15. The maximum atomic E-state index is 8.63. The van der Waals surface area contributed by atoms with Gasteiger partial charge in [-0.2, -0.15) is 0 Å². The number of ether oxygens (including phenoxy) is 1. The van der Waals surface area contributed by atoms with Gasteiger partial charge in [-0.25, -0.2) is 0 Å². The highest BCUT2D eigenvalue weighted by Gasteiger charge is 2.23. The number of rotatable bonds is 5. The number of hydrogen-bond donors (Lipinski definition) is 2. The van der Waals surface area contributed by atoms with E-state index in [1.54, 1.807) is 12.1 Å². The molecule has 0 aliphatic heterocycles. The van der Waals surface area contributed by atoms with Crippen molar-refractivity contribution < 1.29 is 9.94 Å². The van der Waals surface area contributed by atoms with E-state index in [1.807, 2.05) is 26.0 Å². The van der Waals surface area contributed by atoms with Crippen molar-refractivity contribution in [1.82, 2.24) is 0 Å². The molecule has 94 valence electrons. The molecule has 17 heavy (non-hydrogen) atoms. The molecule has 3 N–H and O–H groups in total. The van der Waals surface area contributed by atoms with Gasteiger partial charge in [0.2, 0.25) is 0 Å². The summed E-state index contributed by atoms with van der Waals surface area (Å²) >= 11 is 5.83. The van der Waals surface area contributed by atoms with Crippen LogP contribution in [0.1, 0.15) is 20.3 Å². The summed E-state index contributed by atoms with van der Waals surface area (Å²) in [7, 11) is 0. The largest absolute Gasteiger partial charge is 0.494 e. The number of halogens is 1. The summed E-state index contributed by atoms with van der Waals surface area (Å²) < 4.78 is 5.54. The molecule has 1 aromatic rings. The predicted molar refractivity (Wildman–Crippen MR) is 68.8 cm³/mol. The van der Waals surface area contributed by atoms with E-state index in [0.29, 0.717) is 23.8 Å². The maximum absolute atomic E-state index is 8.63. The fourth-order valence-corrected chi connectivity index (χ4v) is 1.42. The summed E-state index contributed by atoms with van der Waals surface area (Å²) in [6.45, 7) is 4.26. The highest BCUT2D eigenvalue weighted by Crippen LogP contribution is 2.22. The molecule has 0 unspecified atom stereocenters. The molecular weight excluding hydrogens is 240 g/mol. The first-order valence-electron chi connectivity index (χ1n) is 5.32. The van der Waals surface area contributed by atoms with Gasteiger partial charge in [-0.3, -0.25) is 0 Å². The van der Waals surface area contributed by atoms with Crippen LogP contribution in [0.4, 0.5) is 0 Å². The molecule has 4 nitrogen and oxygen atoms in total. The summed E-state index contributed by atoms with van der Waals surface area (Å²) in [6.07, 6.45) is 0.648. The Morgan fingerprint density at radius 1 is 1.53 bits per heavy atom. The Morgan fingerprint density at radius 3 is 2.82 bits per heavy atom. The normalized spacial score (nSPS) is 12.5. The van der Waals surface area contributed by atoms with Crippen LogP contribution in [0.25, 0.3) is 0 Å². The zero-order valence-electron chi connectivity index (χ0n) is 9.98. The van der Waals surface area contributed by atoms with Gasteiger partial charge in [-0.05, 0) is 24.6 Å². The van der Waals surface area contributed by atoms with Crippen molar-refractivity contribution in [3.63, 3.8) is 0 Å². The highest BCUT2D eigenvalue weighted by molar-refractivity contribution is 6.30. The van der Waals surface area contributed by atoms with Gasteiger partial charge in [0.25, 0.3) is 0 Å². The van der Waals surface area contributed by atoms with E-state index in [0.717, 1.165) is 0 Å². The van der Waals surface area contributed by atoms with Gasteiger partial charge in [0.1, 0.15) is 11.6 Å². The zero-order valence-corrected chi connectivity index (χ0v) is 10.7. The lowest BCUT2D eigenvalue weighted by molar-refractivity contribution is 0.259. The molecule has 0 heterocycles. The second-order valence-corrected chi connectivity index (χ2v) is 4.86. The van der Waals surface area contributed by atoms with Gasteiger partial charge in [-0.15, -0.1) is 0 Å². The van der Waals surface area contributed by atoms with Crippen molar-refractivity contribution in [2.24, 2.45) is 16.3 Å². The first-order chi connectivity index (χ1) is 7.95. The number of nitrogens with two attached hydrogens (primary N) is 1. The second kappa shape index (κ2) is 5.77. The van der Waals surface area contributed by atoms with E-state index < -0.39 is 5.41 Å². The molecule has 0 radical (unpaired) electrons. The Hall–Kier alpha value is -1.42. The number of benzene rings is 1. The fraction of sp³-hybridized carbons (Fsp3) is 0.417. The van der Waals surface area contributed by atoms with Gasteiger partial charge >= 0.3 is 0 Å². The number of oxime groups is 1. The smallest absolute Gasteiger partial charge is 0.144 e. The molecule has 0 fully saturated rings.